The normalized spacial score (nSPS) is 21.6. The third-order valence-corrected chi connectivity index (χ3v) is 9.30. The quantitative estimate of drug-likeness (QED) is 0.229. The molecule has 1 N–H and O–H groups in total. The van der Waals surface area contributed by atoms with Crippen LogP contribution >= 0.6 is 0 Å². The molecule has 2 unspecified atom stereocenters. The molecule has 0 fully saturated rings. The van der Waals surface area contributed by atoms with Gasteiger partial charge in [0.05, 0.1) is 0 Å². The van der Waals surface area contributed by atoms with Gasteiger partial charge in [0.1, 0.15) is 0 Å². The Morgan fingerprint density at radius 2 is 1.62 bits per heavy atom. The molecule has 2 aliphatic rings. The number of para-hydroxylation sites is 1. The first-order chi connectivity index (χ1) is 19.0. The fourth-order valence-electron chi connectivity index (χ4n) is 7.02. The van der Waals surface area contributed by atoms with Crippen molar-refractivity contribution in [2.45, 2.75) is 65.0 Å². The van der Waals surface area contributed by atoms with Gasteiger partial charge in [-0.05, 0) is 96.7 Å². The Bertz CT molecular complexity index is 1730. The molecule has 2 nitrogen and oxygen atoms in total. The smallest absolute Gasteiger partial charge is 0.0493 e. The lowest BCUT2D eigenvalue weighted by Gasteiger charge is -2.38. The monoisotopic (exact) mass is 510 g/mol. The number of allylic oxidation sites excluding steroid dienone is 4. The van der Waals surface area contributed by atoms with E-state index >= 15 is 0 Å². The predicted octanol–water partition coefficient (Wildman–Crippen LogP) is 10.2. The van der Waals surface area contributed by atoms with E-state index in [1.165, 1.54) is 67.8 Å². The molecule has 196 valence electrons. The van der Waals surface area contributed by atoms with Crippen LogP contribution in [0.15, 0.2) is 97.1 Å². The molecule has 2 heteroatoms. The Labute approximate surface area is 232 Å². The molecule has 1 aliphatic carbocycles. The minimum absolute atomic E-state index is 0.272. The molecule has 7 rings (SSSR count). The van der Waals surface area contributed by atoms with Crippen LogP contribution < -0.4 is 10.2 Å². The first kappa shape index (κ1) is 24.3. The van der Waals surface area contributed by atoms with Crippen molar-refractivity contribution in [2.24, 2.45) is 5.41 Å². The minimum Gasteiger partial charge on any atom is -0.382 e. The molecule has 1 aliphatic heterocycles. The molecule has 0 amide bonds. The van der Waals surface area contributed by atoms with Crippen molar-refractivity contribution in [1.29, 1.82) is 0 Å². The molecular formula is C37H38N2. The molecule has 39 heavy (non-hydrogen) atoms. The number of hydrogen-bond donors (Lipinski definition) is 1. The average molecular weight is 511 g/mol. The molecule has 5 aromatic rings. The lowest BCUT2D eigenvalue weighted by atomic mass is 9.79. The van der Waals surface area contributed by atoms with E-state index in [2.05, 4.69) is 128 Å². The van der Waals surface area contributed by atoms with Crippen LogP contribution in [0.5, 0.6) is 0 Å². The largest absolute Gasteiger partial charge is 0.382 e. The number of rotatable bonds is 6. The SMILES string of the molecule is CC(CC[C@@]1(C)C=CC=CC1)Nc1ccc2ccc3c(N4c5ccccc5CCC4C)ccc4ccc1c2c43. The molecule has 3 atom stereocenters. The summed E-state index contributed by atoms with van der Waals surface area (Å²) in [4.78, 5) is 2.58. The molecule has 1 heterocycles. The molecular weight excluding hydrogens is 472 g/mol. The van der Waals surface area contributed by atoms with Crippen LogP contribution in [-0.2, 0) is 6.42 Å². The van der Waals surface area contributed by atoms with Gasteiger partial charge in [-0.15, -0.1) is 0 Å². The van der Waals surface area contributed by atoms with Crippen molar-refractivity contribution in [3.8, 4) is 0 Å². The zero-order chi connectivity index (χ0) is 26.6. The van der Waals surface area contributed by atoms with Gasteiger partial charge >= 0.3 is 0 Å². The second-order valence-electron chi connectivity index (χ2n) is 12.2. The Morgan fingerprint density at radius 1 is 0.872 bits per heavy atom. The zero-order valence-corrected chi connectivity index (χ0v) is 23.4. The van der Waals surface area contributed by atoms with Crippen LogP contribution in [0.1, 0.15) is 52.0 Å². The number of hydrogen-bond acceptors (Lipinski definition) is 2. The van der Waals surface area contributed by atoms with Gasteiger partial charge in [-0.3, -0.25) is 0 Å². The van der Waals surface area contributed by atoms with Gasteiger partial charge < -0.3 is 10.2 Å². The Kier molecular flexibility index (Phi) is 5.88. The number of nitrogens with zero attached hydrogens (tertiary/aromatic N) is 1. The average Bonchev–Trinajstić information content (AvgIpc) is 2.96. The fraction of sp³-hybridized carbons (Fsp3) is 0.297. The van der Waals surface area contributed by atoms with Gasteiger partial charge in [0, 0.05) is 39.9 Å². The molecule has 0 saturated carbocycles. The summed E-state index contributed by atoms with van der Waals surface area (Å²) in [7, 11) is 0. The van der Waals surface area contributed by atoms with Crippen molar-refractivity contribution in [1.82, 2.24) is 0 Å². The molecule has 0 bridgehead atoms. The summed E-state index contributed by atoms with van der Waals surface area (Å²) in [6.07, 6.45) is 14.9. The Hall–Kier alpha value is -3.78. The number of anilines is 3. The van der Waals surface area contributed by atoms with Crippen LogP contribution in [0.3, 0.4) is 0 Å². The first-order valence-electron chi connectivity index (χ1n) is 14.7. The predicted molar refractivity (Wildman–Crippen MR) is 170 cm³/mol. The van der Waals surface area contributed by atoms with Crippen LogP contribution in [0.25, 0.3) is 32.3 Å². The maximum Gasteiger partial charge on any atom is 0.0493 e. The van der Waals surface area contributed by atoms with Crippen molar-refractivity contribution < 1.29 is 0 Å². The van der Waals surface area contributed by atoms with Crippen molar-refractivity contribution >= 4 is 49.4 Å². The van der Waals surface area contributed by atoms with E-state index in [-0.39, 0.29) is 5.41 Å². The maximum atomic E-state index is 3.90. The second-order valence-corrected chi connectivity index (χ2v) is 12.2. The second kappa shape index (κ2) is 9.45. The summed E-state index contributed by atoms with van der Waals surface area (Å²) in [5, 5.41) is 12.0. The van der Waals surface area contributed by atoms with Crippen molar-refractivity contribution in [3.63, 3.8) is 0 Å². The molecule has 0 aromatic heterocycles. The minimum atomic E-state index is 0.272. The van der Waals surface area contributed by atoms with Crippen LogP contribution in [0.4, 0.5) is 17.1 Å². The third kappa shape index (κ3) is 4.18. The molecule has 0 spiro atoms. The standard InChI is InChI=1S/C37H38N2/c1-25(21-24-37(3)22-7-4-8-23-37)38-32-19-15-28-14-18-31-34(20-16-29-13-17-30(32)35(28)36(29)31)39-26(2)11-12-27-9-5-6-10-33(27)39/h4-10,13-20,22,25-26,38H,11-12,21,23-24H2,1-3H3/t25?,26?,37-/m0/s1. The number of fused-ring (bicyclic) bond motifs is 1. The maximum absolute atomic E-state index is 3.90. The van der Waals surface area contributed by atoms with Gasteiger partial charge in [0.25, 0.3) is 0 Å². The summed E-state index contributed by atoms with van der Waals surface area (Å²) in [5.41, 5.74) is 5.66. The van der Waals surface area contributed by atoms with Crippen LogP contribution in [0.2, 0.25) is 0 Å². The Morgan fingerprint density at radius 3 is 2.44 bits per heavy atom. The van der Waals surface area contributed by atoms with E-state index < -0.39 is 0 Å². The van der Waals surface area contributed by atoms with Gasteiger partial charge in [-0.1, -0.05) is 85.8 Å². The van der Waals surface area contributed by atoms with Crippen molar-refractivity contribution in [3.05, 3.63) is 103 Å². The third-order valence-electron chi connectivity index (χ3n) is 9.30. The van der Waals surface area contributed by atoms with E-state index in [4.69, 9.17) is 0 Å². The Balaban J connectivity index is 1.29. The lowest BCUT2D eigenvalue weighted by Crippen LogP contribution is -2.33. The van der Waals surface area contributed by atoms with Gasteiger partial charge in [-0.25, -0.2) is 0 Å². The topological polar surface area (TPSA) is 15.3 Å². The van der Waals surface area contributed by atoms with Crippen LogP contribution in [-0.4, -0.2) is 12.1 Å². The highest BCUT2D eigenvalue weighted by atomic mass is 15.2. The summed E-state index contributed by atoms with van der Waals surface area (Å²) < 4.78 is 0. The number of benzene rings is 5. The van der Waals surface area contributed by atoms with E-state index in [0.29, 0.717) is 12.1 Å². The van der Waals surface area contributed by atoms with Gasteiger partial charge in [0.15, 0.2) is 0 Å². The number of aryl methyl sites for hydroxylation is 1. The zero-order valence-electron chi connectivity index (χ0n) is 23.4. The summed E-state index contributed by atoms with van der Waals surface area (Å²) in [5.74, 6) is 0. The van der Waals surface area contributed by atoms with E-state index in [1.807, 2.05) is 0 Å². The van der Waals surface area contributed by atoms with Crippen molar-refractivity contribution in [2.75, 3.05) is 10.2 Å². The summed E-state index contributed by atoms with van der Waals surface area (Å²) in [6.45, 7) is 7.09. The van der Waals surface area contributed by atoms with E-state index in [9.17, 15) is 0 Å². The van der Waals surface area contributed by atoms with Gasteiger partial charge in [-0.2, -0.15) is 0 Å². The summed E-state index contributed by atoms with van der Waals surface area (Å²) >= 11 is 0. The lowest BCUT2D eigenvalue weighted by molar-refractivity contribution is 0.371. The molecule has 0 radical (unpaired) electrons. The van der Waals surface area contributed by atoms with Crippen LogP contribution in [0, 0.1) is 5.41 Å². The number of nitrogens with one attached hydrogen (secondary N) is 1. The first-order valence-corrected chi connectivity index (χ1v) is 14.7. The highest BCUT2D eigenvalue weighted by Gasteiger charge is 2.26. The highest BCUT2D eigenvalue weighted by Crippen LogP contribution is 2.45. The summed E-state index contributed by atoms with van der Waals surface area (Å²) in [6, 6.07) is 28.4. The molecule has 5 aromatic carbocycles. The highest BCUT2D eigenvalue weighted by molar-refractivity contribution is 6.27. The van der Waals surface area contributed by atoms with E-state index in [0.717, 1.165) is 19.3 Å². The fourth-order valence-corrected chi connectivity index (χ4v) is 7.02. The molecule has 0 saturated heterocycles. The van der Waals surface area contributed by atoms with E-state index in [1.54, 1.807) is 0 Å². The van der Waals surface area contributed by atoms with Gasteiger partial charge in [0.2, 0.25) is 0 Å².